The Bertz CT molecular complexity index is 940. The molecular formula is C25H24Cl2Zr. The summed E-state index contributed by atoms with van der Waals surface area (Å²) in [7, 11) is 0. The van der Waals surface area contributed by atoms with Gasteiger partial charge >= 0.3 is 169 Å². The van der Waals surface area contributed by atoms with Crippen LogP contribution < -0.4 is 24.8 Å². The molecule has 28 heavy (non-hydrogen) atoms. The van der Waals surface area contributed by atoms with Gasteiger partial charge in [0.25, 0.3) is 0 Å². The van der Waals surface area contributed by atoms with Crippen LogP contribution in [0, 0.1) is 0 Å². The molecule has 0 amide bonds. The van der Waals surface area contributed by atoms with Crippen LogP contribution in [0.2, 0.25) is 3.63 Å². The summed E-state index contributed by atoms with van der Waals surface area (Å²) in [5, 5.41) is 0. The molecule has 0 aliphatic heterocycles. The van der Waals surface area contributed by atoms with Gasteiger partial charge in [0.1, 0.15) is 0 Å². The molecule has 0 spiro atoms. The second-order valence-corrected chi connectivity index (χ2v) is 11.6. The number of fused-ring (bicyclic) bond motifs is 1. The third-order valence-electron chi connectivity index (χ3n) is 6.17. The Morgan fingerprint density at radius 2 is 1.64 bits per heavy atom. The third kappa shape index (κ3) is 4.04. The number of allylic oxidation sites excluding steroid dienone is 5. The van der Waals surface area contributed by atoms with E-state index in [0.717, 1.165) is 3.63 Å². The van der Waals surface area contributed by atoms with Crippen LogP contribution in [0.25, 0.3) is 6.08 Å². The maximum atomic E-state index is 2.57. The Balaban J connectivity index is 0.00000112. The fourth-order valence-electron chi connectivity index (χ4n) is 4.92. The van der Waals surface area contributed by atoms with Crippen molar-refractivity contribution in [2.45, 2.75) is 42.2 Å². The number of halogens is 2. The summed E-state index contributed by atoms with van der Waals surface area (Å²) in [4.78, 5) is 0. The second kappa shape index (κ2) is 9.29. The molecule has 3 aliphatic rings. The largest absolute Gasteiger partial charge is 1.00 e. The summed E-state index contributed by atoms with van der Waals surface area (Å²) in [6.45, 7) is 2.40. The predicted molar refractivity (Wildman–Crippen MR) is 106 cm³/mol. The van der Waals surface area contributed by atoms with Gasteiger partial charge in [-0.2, -0.15) is 0 Å². The first-order valence-electron chi connectivity index (χ1n) is 9.81. The van der Waals surface area contributed by atoms with Crippen LogP contribution in [0.15, 0.2) is 80.7 Å². The van der Waals surface area contributed by atoms with E-state index in [1.165, 1.54) is 36.8 Å². The smallest absolute Gasteiger partial charge is 1.00 e. The van der Waals surface area contributed by atoms with E-state index in [1.54, 1.807) is 20.0 Å². The fourth-order valence-corrected chi connectivity index (χ4v) is 9.09. The molecule has 0 saturated heterocycles. The van der Waals surface area contributed by atoms with Gasteiger partial charge in [0, 0.05) is 0 Å². The SMILES string of the molecule is CC1=CC2=C(CCCC2c2ccccc2)[CH]1[Zr+2][C]1=Cc2ccccc2C1.[Cl-].[Cl-]. The minimum Gasteiger partial charge on any atom is -1.00 e. The van der Waals surface area contributed by atoms with Crippen molar-refractivity contribution in [1.29, 1.82) is 0 Å². The molecule has 0 bridgehead atoms. The molecule has 2 atom stereocenters. The molecule has 0 nitrogen and oxygen atoms in total. The molecule has 3 aliphatic carbocycles. The minimum atomic E-state index is -0.613. The molecule has 2 aromatic rings. The molecule has 0 fully saturated rings. The molecule has 0 N–H and O–H groups in total. The van der Waals surface area contributed by atoms with E-state index in [1.807, 2.05) is 5.57 Å². The first-order chi connectivity index (χ1) is 12.8. The Hall–Kier alpha value is -0.877. The van der Waals surface area contributed by atoms with E-state index < -0.39 is 23.2 Å². The summed E-state index contributed by atoms with van der Waals surface area (Å²) in [6.07, 6.45) is 10.3. The molecule has 5 rings (SSSR count). The maximum Gasteiger partial charge on any atom is -1.00 e. The van der Waals surface area contributed by atoms with Gasteiger partial charge in [-0.3, -0.25) is 0 Å². The van der Waals surface area contributed by atoms with Crippen molar-refractivity contribution in [2.24, 2.45) is 0 Å². The van der Waals surface area contributed by atoms with Gasteiger partial charge < -0.3 is 24.8 Å². The number of hydrogen-bond donors (Lipinski definition) is 0. The summed E-state index contributed by atoms with van der Waals surface area (Å²) in [5.41, 5.74) is 9.68. The summed E-state index contributed by atoms with van der Waals surface area (Å²) < 4.78 is 2.59. The van der Waals surface area contributed by atoms with Crippen LogP contribution in [0.3, 0.4) is 0 Å². The van der Waals surface area contributed by atoms with Gasteiger partial charge in [-0.25, -0.2) is 0 Å². The molecule has 0 radical (unpaired) electrons. The fraction of sp³-hybridized carbons (Fsp3) is 0.280. The standard InChI is InChI=1S/C16H17.C9H7.2ClH.Zr/c1-12-10-14-8-5-9-15(16(14)11-12)13-6-3-2-4-7-13;1-2-5-9-7-3-6-8(9)4-1;;;/h2-4,6-7,10-11,15H,5,8-9H2,1H3;1-2,4-6H,7H2;2*1H;/q;;;;+2/p-2. The average Bonchev–Trinajstić information content (AvgIpc) is 3.23. The molecule has 0 heterocycles. The van der Waals surface area contributed by atoms with Crippen LogP contribution in [0.1, 0.15) is 48.8 Å². The Morgan fingerprint density at radius 1 is 0.893 bits per heavy atom. The normalized spacial score (nSPS) is 22.2. The predicted octanol–water partition coefficient (Wildman–Crippen LogP) is 0.687. The molecule has 0 aromatic heterocycles. The van der Waals surface area contributed by atoms with Gasteiger partial charge in [0.05, 0.1) is 0 Å². The third-order valence-corrected chi connectivity index (χ3v) is 10.6. The van der Waals surface area contributed by atoms with Crippen LogP contribution in [0.4, 0.5) is 0 Å². The molecular weight excluding hydrogens is 462 g/mol. The molecule has 0 saturated carbocycles. The van der Waals surface area contributed by atoms with Gasteiger partial charge in [0.15, 0.2) is 0 Å². The van der Waals surface area contributed by atoms with Crippen molar-refractivity contribution in [3.8, 4) is 0 Å². The van der Waals surface area contributed by atoms with Crippen LogP contribution in [0.5, 0.6) is 0 Å². The van der Waals surface area contributed by atoms with Crippen molar-refractivity contribution in [2.75, 3.05) is 0 Å². The zero-order valence-electron chi connectivity index (χ0n) is 16.1. The van der Waals surface area contributed by atoms with Crippen LogP contribution in [-0.4, -0.2) is 0 Å². The van der Waals surface area contributed by atoms with Crippen LogP contribution in [-0.2, 0) is 29.7 Å². The van der Waals surface area contributed by atoms with Gasteiger partial charge in [0.2, 0.25) is 0 Å². The summed E-state index contributed by atoms with van der Waals surface area (Å²) in [5.74, 6) is 0.633. The minimum absolute atomic E-state index is 0. The van der Waals surface area contributed by atoms with Gasteiger partial charge in [-0.15, -0.1) is 0 Å². The Morgan fingerprint density at radius 3 is 2.43 bits per heavy atom. The Labute approximate surface area is 192 Å². The molecule has 2 aromatic carbocycles. The van der Waals surface area contributed by atoms with Crippen molar-refractivity contribution in [3.05, 3.63) is 97.4 Å². The second-order valence-electron chi connectivity index (χ2n) is 7.85. The van der Waals surface area contributed by atoms with E-state index in [-0.39, 0.29) is 24.8 Å². The van der Waals surface area contributed by atoms with Gasteiger partial charge in [-0.05, 0) is 0 Å². The van der Waals surface area contributed by atoms with Crippen molar-refractivity contribution in [3.63, 3.8) is 0 Å². The van der Waals surface area contributed by atoms with Gasteiger partial charge in [-0.1, -0.05) is 0 Å². The molecule has 2 unspecified atom stereocenters. The zero-order valence-corrected chi connectivity index (χ0v) is 20.1. The van der Waals surface area contributed by atoms with Crippen molar-refractivity contribution < 1.29 is 48.0 Å². The van der Waals surface area contributed by atoms with E-state index in [9.17, 15) is 0 Å². The quantitative estimate of drug-likeness (QED) is 0.599. The van der Waals surface area contributed by atoms with Crippen LogP contribution >= 0.6 is 0 Å². The summed E-state index contributed by atoms with van der Waals surface area (Å²) in [6, 6.07) is 20.2. The van der Waals surface area contributed by atoms with E-state index >= 15 is 0 Å². The number of rotatable bonds is 3. The maximum absolute atomic E-state index is 2.57. The zero-order chi connectivity index (χ0) is 17.5. The van der Waals surface area contributed by atoms with Crippen molar-refractivity contribution in [1.82, 2.24) is 0 Å². The monoisotopic (exact) mass is 484 g/mol. The Kier molecular flexibility index (Phi) is 7.24. The van der Waals surface area contributed by atoms with Crippen molar-refractivity contribution >= 4 is 6.08 Å². The van der Waals surface area contributed by atoms with E-state index in [2.05, 4.69) is 73.7 Å². The summed E-state index contributed by atoms with van der Waals surface area (Å²) >= 11 is -0.613. The van der Waals surface area contributed by atoms with E-state index in [0.29, 0.717) is 5.92 Å². The first-order valence-corrected chi connectivity index (χ1v) is 12.5. The van der Waals surface area contributed by atoms with E-state index in [4.69, 9.17) is 0 Å². The topological polar surface area (TPSA) is 0 Å². The first kappa shape index (κ1) is 21.8. The number of hydrogen-bond acceptors (Lipinski definition) is 0. The average molecular weight is 487 g/mol. The molecule has 142 valence electrons. The molecule has 3 heteroatoms. The number of benzene rings is 2.